The van der Waals surface area contributed by atoms with Gasteiger partial charge in [0.05, 0.1) is 6.04 Å². The van der Waals surface area contributed by atoms with Crippen molar-refractivity contribution in [3.05, 3.63) is 71.9 Å². The molecule has 14 nitrogen and oxygen atoms in total. The van der Waals surface area contributed by atoms with Crippen LogP contribution < -0.4 is 32.7 Å². The number of aromatic nitrogens is 1. The number of nitrogens with two attached hydrogens (primary N) is 2. The molecule has 10 N–H and O–H groups in total. The van der Waals surface area contributed by atoms with Gasteiger partial charge < -0.3 is 42.8 Å². The van der Waals surface area contributed by atoms with Crippen LogP contribution in [0.1, 0.15) is 58.1 Å². The summed E-state index contributed by atoms with van der Waals surface area (Å²) in [6.07, 6.45) is 1.60. The van der Waals surface area contributed by atoms with Gasteiger partial charge in [0.2, 0.25) is 29.5 Å². The summed E-state index contributed by atoms with van der Waals surface area (Å²) in [5.74, 6) is -5.21. The SMILES string of the molecule is CC(C)C[C@H](NC(=O)[C@H](Cc1c[nH]c2ccccc12)NC(=O)[C@H](CCC(N)=O)NC(=O)[C@@H](NC(=O)[C@@H](N)Cc1ccccc1)C(C)C)C(=O)O. The van der Waals surface area contributed by atoms with Gasteiger partial charge in [0.15, 0.2) is 0 Å². The molecule has 0 fully saturated rings. The highest BCUT2D eigenvalue weighted by molar-refractivity contribution is 5.96. The molecule has 1 aromatic heterocycles. The van der Waals surface area contributed by atoms with Gasteiger partial charge in [-0.3, -0.25) is 24.0 Å². The van der Waals surface area contributed by atoms with Crippen molar-refractivity contribution in [2.45, 2.75) is 90.0 Å². The van der Waals surface area contributed by atoms with E-state index in [-0.39, 0.29) is 38.0 Å². The zero-order chi connectivity index (χ0) is 37.0. The molecule has 2 aromatic carbocycles. The lowest BCUT2D eigenvalue weighted by Crippen LogP contribution is -2.59. The van der Waals surface area contributed by atoms with Crippen LogP contribution in [0.5, 0.6) is 0 Å². The highest BCUT2D eigenvalue weighted by Gasteiger charge is 2.33. The maximum Gasteiger partial charge on any atom is 0.326 e. The number of aliphatic carboxylic acids is 1. The molecule has 0 saturated heterocycles. The Bertz CT molecular complexity index is 1640. The van der Waals surface area contributed by atoms with E-state index in [1.807, 2.05) is 68.4 Å². The number of fused-ring (bicyclic) bond motifs is 1. The second-order valence-electron chi connectivity index (χ2n) is 13.2. The smallest absolute Gasteiger partial charge is 0.326 e. The summed E-state index contributed by atoms with van der Waals surface area (Å²) < 4.78 is 0. The monoisotopic (exact) mass is 691 g/mol. The summed E-state index contributed by atoms with van der Waals surface area (Å²) in [5, 5.41) is 21.1. The molecule has 0 saturated carbocycles. The average molecular weight is 692 g/mol. The van der Waals surface area contributed by atoms with Gasteiger partial charge in [-0.1, -0.05) is 76.2 Å². The maximum absolute atomic E-state index is 13.8. The minimum absolute atomic E-state index is 0.0178. The largest absolute Gasteiger partial charge is 0.480 e. The molecule has 0 aliphatic carbocycles. The highest BCUT2D eigenvalue weighted by atomic mass is 16.4. The van der Waals surface area contributed by atoms with E-state index in [9.17, 15) is 33.9 Å². The summed E-state index contributed by atoms with van der Waals surface area (Å²) in [6, 6.07) is 10.7. The van der Waals surface area contributed by atoms with Crippen molar-refractivity contribution in [1.82, 2.24) is 26.3 Å². The van der Waals surface area contributed by atoms with Crippen molar-refractivity contribution < 1.29 is 33.9 Å². The number of carbonyl (C=O) groups is 6. The average Bonchev–Trinajstić information content (AvgIpc) is 3.47. The number of carbonyl (C=O) groups excluding carboxylic acids is 5. The first-order chi connectivity index (χ1) is 23.7. The van der Waals surface area contributed by atoms with Crippen LogP contribution >= 0.6 is 0 Å². The minimum atomic E-state index is -1.34. The lowest BCUT2D eigenvalue weighted by molar-refractivity contribution is -0.142. The van der Waals surface area contributed by atoms with E-state index in [2.05, 4.69) is 26.3 Å². The quantitative estimate of drug-likeness (QED) is 0.0909. The molecular formula is C36H49N7O7. The zero-order valence-corrected chi connectivity index (χ0v) is 28.9. The molecule has 0 aliphatic rings. The predicted octanol–water partition coefficient (Wildman–Crippen LogP) is 1.27. The molecule has 3 rings (SSSR count). The first-order valence-electron chi connectivity index (χ1n) is 16.7. The van der Waals surface area contributed by atoms with E-state index < -0.39 is 71.6 Å². The van der Waals surface area contributed by atoms with E-state index in [0.717, 1.165) is 16.5 Å². The van der Waals surface area contributed by atoms with Crippen molar-refractivity contribution in [2.24, 2.45) is 23.3 Å². The number of amides is 5. The Balaban J connectivity index is 1.84. The predicted molar refractivity (Wildman–Crippen MR) is 188 cm³/mol. The normalized spacial score (nSPS) is 14.3. The molecule has 5 atom stereocenters. The molecule has 14 heteroatoms. The maximum atomic E-state index is 13.8. The number of aromatic amines is 1. The van der Waals surface area contributed by atoms with Gasteiger partial charge in [-0.25, -0.2) is 4.79 Å². The topological polar surface area (TPSA) is 239 Å². The number of H-pyrrole nitrogens is 1. The van der Waals surface area contributed by atoms with E-state index in [1.165, 1.54) is 0 Å². The van der Waals surface area contributed by atoms with Crippen molar-refractivity contribution in [1.29, 1.82) is 0 Å². The van der Waals surface area contributed by atoms with E-state index in [0.29, 0.717) is 5.56 Å². The van der Waals surface area contributed by atoms with Crippen LogP contribution in [0, 0.1) is 11.8 Å². The van der Waals surface area contributed by atoms with Crippen molar-refractivity contribution in [3.8, 4) is 0 Å². The Hall–Kier alpha value is -5.24. The van der Waals surface area contributed by atoms with Gasteiger partial charge in [0, 0.05) is 29.9 Å². The Morgan fingerprint density at radius 2 is 1.34 bits per heavy atom. The number of benzene rings is 2. The number of hydrogen-bond acceptors (Lipinski definition) is 7. The Morgan fingerprint density at radius 3 is 1.96 bits per heavy atom. The minimum Gasteiger partial charge on any atom is -0.480 e. The molecule has 270 valence electrons. The van der Waals surface area contributed by atoms with Gasteiger partial charge >= 0.3 is 5.97 Å². The van der Waals surface area contributed by atoms with Gasteiger partial charge in [-0.15, -0.1) is 0 Å². The Kier molecular flexibility index (Phi) is 14.5. The van der Waals surface area contributed by atoms with Crippen LogP contribution in [0.15, 0.2) is 60.8 Å². The number of hydrogen-bond donors (Lipinski definition) is 8. The van der Waals surface area contributed by atoms with Gasteiger partial charge in [-0.2, -0.15) is 0 Å². The fraction of sp³-hybridized carbons (Fsp3) is 0.444. The van der Waals surface area contributed by atoms with E-state index >= 15 is 0 Å². The molecule has 0 radical (unpaired) electrons. The number of carboxylic acid groups (broad SMARTS) is 1. The van der Waals surface area contributed by atoms with E-state index in [4.69, 9.17) is 11.5 Å². The molecule has 0 spiro atoms. The standard InChI is InChI=1S/C36H49N7O7/c1-20(2)16-29(36(49)50)42-34(47)28(18-23-19-39-26-13-9-8-12-24(23)26)41-33(46)27(14-15-30(38)44)40-35(48)31(21(3)4)43-32(45)25(37)17-22-10-6-5-7-11-22/h5-13,19-21,25,27-29,31,39H,14-18,37H2,1-4H3,(H2,38,44)(H,40,48)(H,41,46)(H,42,47)(H,43,45)(H,49,50)/t25-,27-,28-,29-,31-/m0/s1. The van der Waals surface area contributed by atoms with Crippen LogP contribution in [-0.2, 0) is 41.6 Å². The van der Waals surface area contributed by atoms with Gasteiger partial charge in [0.1, 0.15) is 24.2 Å². The summed E-state index contributed by atoms with van der Waals surface area (Å²) in [7, 11) is 0. The molecule has 1 heterocycles. The second-order valence-corrected chi connectivity index (χ2v) is 13.2. The van der Waals surface area contributed by atoms with Crippen LogP contribution in [0.4, 0.5) is 0 Å². The number of para-hydroxylation sites is 1. The summed E-state index contributed by atoms with van der Waals surface area (Å²) in [4.78, 5) is 80.9. The summed E-state index contributed by atoms with van der Waals surface area (Å²) in [5.41, 5.74) is 13.9. The highest BCUT2D eigenvalue weighted by Crippen LogP contribution is 2.20. The number of nitrogens with one attached hydrogen (secondary N) is 5. The van der Waals surface area contributed by atoms with Crippen molar-refractivity contribution in [3.63, 3.8) is 0 Å². The molecular weight excluding hydrogens is 642 g/mol. The molecule has 0 bridgehead atoms. The van der Waals surface area contributed by atoms with Gasteiger partial charge in [0.25, 0.3) is 0 Å². The third kappa shape index (κ3) is 11.7. The summed E-state index contributed by atoms with van der Waals surface area (Å²) >= 11 is 0. The van der Waals surface area contributed by atoms with Crippen molar-refractivity contribution in [2.75, 3.05) is 0 Å². The van der Waals surface area contributed by atoms with Crippen LogP contribution in [0.25, 0.3) is 10.9 Å². The zero-order valence-electron chi connectivity index (χ0n) is 28.9. The molecule has 50 heavy (non-hydrogen) atoms. The third-order valence-corrected chi connectivity index (χ3v) is 8.25. The van der Waals surface area contributed by atoms with E-state index in [1.54, 1.807) is 20.0 Å². The Labute approximate surface area is 291 Å². The first kappa shape index (κ1) is 39.2. The molecule has 3 aromatic rings. The van der Waals surface area contributed by atoms with Crippen molar-refractivity contribution >= 4 is 46.4 Å². The molecule has 0 unspecified atom stereocenters. The lowest BCUT2D eigenvalue weighted by atomic mass is 9.99. The number of rotatable bonds is 19. The molecule has 5 amide bonds. The van der Waals surface area contributed by atoms with Gasteiger partial charge in [-0.05, 0) is 48.3 Å². The second kappa shape index (κ2) is 18.5. The number of carboxylic acids is 1. The fourth-order valence-corrected chi connectivity index (χ4v) is 5.54. The van der Waals surface area contributed by atoms with Crippen LogP contribution in [0.3, 0.4) is 0 Å². The Morgan fingerprint density at radius 1 is 0.740 bits per heavy atom. The number of primary amides is 1. The first-order valence-corrected chi connectivity index (χ1v) is 16.7. The fourth-order valence-electron chi connectivity index (χ4n) is 5.54. The summed E-state index contributed by atoms with van der Waals surface area (Å²) in [6.45, 7) is 7.07. The van der Waals surface area contributed by atoms with Crippen LogP contribution in [-0.4, -0.2) is 75.8 Å². The lowest BCUT2D eigenvalue weighted by Gasteiger charge is -2.28. The molecule has 0 aliphatic heterocycles. The van der Waals surface area contributed by atoms with Crippen LogP contribution in [0.2, 0.25) is 0 Å². The third-order valence-electron chi connectivity index (χ3n) is 8.25.